The highest BCUT2D eigenvalue weighted by Gasteiger charge is 2.23. The molecule has 2 aromatic rings. The molecule has 0 bridgehead atoms. The van der Waals surface area contributed by atoms with Crippen LogP contribution in [0.2, 0.25) is 0 Å². The van der Waals surface area contributed by atoms with Crippen molar-refractivity contribution in [2.45, 2.75) is 45.3 Å². The van der Waals surface area contributed by atoms with Crippen LogP contribution in [0.25, 0.3) is 6.08 Å². The van der Waals surface area contributed by atoms with E-state index in [-0.39, 0.29) is 5.91 Å². The second-order valence-electron chi connectivity index (χ2n) is 6.57. The van der Waals surface area contributed by atoms with Gasteiger partial charge in [0.2, 0.25) is 5.91 Å². The number of carbonyl (C=O) groups is 1. The summed E-state index contributed by atoms with van der Waals surface area (Å²) in [5.74, 6) is 0.898. The summed E-state index contributed by atoms with van der Waals surface area (Å²) in [6.07, 6.45) is 10.1. The number of benzene rings is 1. The normalized spacial score (nSPS) is 14.7. The van der Waals surface area contributed by atoms with Crippen LogP contribution >= 0.6 is 0 Å². The number of likely N-dealkylation sites (N-methyl/N-ethyl adjacent to an activating group) is 1. The highest BCUT2D eigenvalue weighted by atomic mass is 16.5. The smallest absolute Gasteiger partial charge is 0.246 e. The number of amides is 1. The minimum Gasteiger partial charge on any atom is -0.487 e. The lowest BCUT2D eigenvalue weighted by atomic mass is 10.1. The summed E-state index contributed by atoms with van der Waals surface area (Å²) in [6.45, 7) is 3.27. The van der Waals surface area contributed by atoms with E-state index in [0.29, 0.717) is 12.6 Å². The summed E-state index contributed by atoms with van der Waals surface area (Å²) in [7, 11) is 0. The molecule has 1 saturated carbocycles. The van der Waals surface area contributed by atoms with E-state index in [0.717, 1.165) is 36.4 Å². The number of hydrogen-bond acceptors (Lipinski definition) is 3. The largest absolute Gasteiger partial charge is 0.487 e. The average Bonchev–Trinajstić information content (AvgIpc) is 3.21. The number of rotatable bonds is 7. The quantitative estimate of drug-likeness (QED) is 0.692. The van der Waals surface area contributed by atoms with Crippen LogP contribution in [0.15, 0.2) is 54.7 Å². The molecule has 1 aliphatic rings. The van der Waals surface area contributed by atoms with Gasteiger partial charge in [0.25, 0.3) is 0 Å². The maximum Gasteiger partial charge on any atom is 0.246 e. The molecule has 0 radical (unpaired) electrons. The maximum absolute atomic E-state index is 12.5. The molecular formula is C22H26N2O2. The lowest BCUT2D eigenvalue weighted by Gasteiger charge is -2.26. The van der Waals surface area contributed by atoms with Crippen LogP contribution in [-0.2, 0) is 11.4 Å². The Morgan fingerprint density at radius 2 is 1.96 bits per heavy atom. The van der Waals surface area contributed by atoms with Crippen LogP contribution in [0, 0.1) is 0 Å². The van der Waals surface area contributed by atoms with E-state index in [9.17, 15) is 4.79 Å². The fourth-order valence-electron chi connectivity index (χ4n) is 3.39. The van der Waals surface area contributed by atoms with Crippen molar-refractivity contribution in [1.29, 1.82) is 0 Å². The van der Waals surface area contributed by atoms with Crippen molar-refractivity contribution in [2.75, 3.05) is 6.54 Å². The number of nitrogens with zero attached hydrogens (tertiary/aromatic N) is 2. The van der Waals surface area contributed by atoms with Crippen LogP contribution in [0.4, 0.5) is 0 Å². The standard InChI is InChI=1S/C22H26N2O2/c1-2-24(20-8-3-4-9-20)22(25)15-12-18-10-13-21(14-11-18)26-17-19-7-5-6-16-23-19/h5-7,10-16,20H,2-4,8-9,17H2,1H3/b15-12+. The van der Waals surface area contributed by atoms with Crippen molar-refractivity contribution in [3.63, 3.8) is 0 Å². The zero-order valence-electron chi connectivity index (χ0n) is 15.3. The number of carbonyl (C=O) groups excluding carboxylic acids is 1. The topological polar surface area (TPSA) is 42.4 Å². The molecule has 0 N–H and O–H groups in total. The van der Waals surface area contributed by atoms with Gasteiger partial charge in [0.05, 0.1) is 5.69 Å². The fourth-order valence-corrected chi connectivity index (χ4v) is 3.39. The number of pyridine rings is 1. The summed E-state index contributed by atoms with van der Waals surface area (Å²) in [4.78, 5) is 18.7. The minimum absolute atomic E-state index is 0.106. The van der Waals surface area contributed by atoms with E-state index < -0.39 is 0 Å². The third kappa shape index (κ3) is 4.94. The Kier molecular flexibility index (Phi) is 6.42. The van der Waals surface area contributed by atoms with Crippen LogP contribution in [0.1, 0.15) is 43.9 Å². The van der Waals surface area contributed by atoms with E-state index in [2.05, 4.69) is 11.9 Å². The molecule has 136 valence electrons. The molecule has 1 fully saturated rings. The third-order valence-corrected chi connectivity index (χ3v) is 4.80. The Labute approximate surface area is 155 Å². The zero-order chi connectivity index (χ0) is 18.2. The summed E-state index contributed by atoms with van der Waals surface area (Å²) in [6, 6.07) is 13.9. The average molecular weight is 350 g/mol. The molecule has 1 aromatic carbocycles. The van der Waals surface area contributed by atoms with Crippen LogP contribution < -0.4 is 4.74 Å². The van der Waals surface area contributed by atoms with Gasteiger partial charge in [-0.1, -0.05) is 31.0 Å². The predicted octanol–water partition coefficient (Wildman–Crippen LogP) is 4.46. The van der Waals surface area contributed by atoms with Crippen molar-refractivity contribution in [2.24, 2.45) is 0 Å². The van der Waals surface area contributed by atoms with Gasteiger partial charge in [-0.15, -0.1) is 0 Å². The maximum atomic E-state index is 12.5. The van der Waals surface area contributed by atoms with Gasteiger partial charge < -0.3 is 9.64 Å². The summed E-state index contributed by atoms with van der Waals surface area (Å²) < 4.78 is 5.73. The second kappa shape index (κ2) is 9.18. The summed E-state index contributed by atoms with van der Waals surface area (Å²) in [5.41, 5.74) is 1.89. The van der Waals surface area contributed by atoms with E-state index in [1.54, 1.807) is 12.3 Å². The Morgan fingerprint density at radius 1 is 1.19 bits per heavy atom. The molecule has 26 heavy (non-hydrogen) atoms. The van der Waals surface area contributed by atoms with Crippen molar-refractivity contribution in [1.82, 2.24) is 9.88 Å². The zero-order valence-corrected chi connectivity index (χ0v) is 15.3. The van der Waals surface area contributed by atoms with E-state index in [4.69, 9.17) is 4.74 Å². The first-order chi connectivity index (χ1) is 12.8. The summed E-state index contributed by atoms with van der Waals surface area (Å²) >= 11 is 0. The molecule has 1 aliphatic carbocycles. The fraction of sp³-hybridized carbons (Fsp3) is 0.364. The van der Waals surface area contributed by atoms with Crippen LogP contribution in [0.3, 0.4) is 0 Å². The highest BCUT2D eigenvalue weighted by Crippen LogP contribution is 2.23. The Hall–Kier alpha value is -2.62. The van der Waals surface area contributed by atoms with Crippen molar-refractivity contribution < 1.29 is 9.53 Å². The van der Waals surface area contributed by atoms with E-state index in [1.807, 2.05) is 53.4 Å². The van der Waals surface area contributed by atoms with E-state index in [1.165, 1.54) is 12.8 Å². The van der Waals surface area contributed by atoms with E-state index >= 15 is 0 Å². The molecule has 4 heteroatoms. The molecule has 0 spiro atoms. The molecule has 4 nitrogen and oxygen atoms in total. The lowest BCUT2D eigenvalue weighted by molar-refractivity contribution is -0.127. The number of aromatic nitrogens is 1. The van der Waals surface area contributed by atoms with Crippen LogP contribution in [0.5, 0.6) is 5.75 Å². The molecule has 0 aliphatic heterocycles. The van der Waals surface area contributed by atoms with Gasteiger partial charge in [0.15, 0.2) is 0 Å². The van der Waals surface area contributed by atoms with Crippen molar-refractivity contribution in [3.05, 3.63) is 66.0 Å². The minimum atomic E-state index is 0.106. The summed E-state index contributed by atoms with van der Waals surface area (Å²) in [5, 5.41) is 0. The molecule has 1 heterocycles. The molecule has 1 aromatic heterocycles. The van der Waals surface area contributed by atoms with Crippen molar-refractivity contribution in [3.8, 4) is 5.75 Å². The van der Waals surface area contributed by atoms with Gasteiger partial charge in [-0.25, -0.2) is 0 Å². The first-order valence-corrected chi connectivity index (χ1v) is 9.37. The second-order valence-corrected chi connectivity index (χ2v) is 6.57. The van der Waals surface area contributed by atoms with Gasteiger partial charge in [0, 0.05) is 24.9 Å². The van der Waals surface area contributed by atoms with Gasteiger partial charge in [-0.2, -0.15) is 0 Å². The molecule has 0 saturated heterocycles. The highest BCUT2D eigenvalue weighted by molar-refractivity contribution is 5.92. The third-order valence-electron chi connectivity index (χ3n) is 4.80. The SMILES string of the molecule is CCN(C(=O)/C=C/c1ccc(OCc2ccccn2)cc1)C1CCCC1. The van der Waals surface area contributed by atoms with Gasteiger partial charge in [-0.05, 0) is 55.7 Å². The monoisotopic (exact) mass is 350 g/mol. The molecular weight excluding hydrogens is 324 g/mol. The van der Waals surface area contributed by atoms with Crippen LogP contribution in [-0.4, -0.2) is 28.4 Å². The van der Waals surface area contributed by atoms with Gasteiger partial charge in [0.1, 0.15) is 12.4 Å². The molecule has 0 unspecified atom stereocenters. The number of ether oxygens (including phenoxy) is 1. The molecule has 1 amide bonds. The first-order valence-electron chi connectivity index (χ1n) is 9.37. The van der Waals surface area contributed by atoms with Gasteiger partial charge in [-0.3, -0.25) is 9.78 Å². The lowest BCUT2D eigenvalue weighted by Crippen LogP contribution is -2.37. The Morgan fingerprint density at radius 3 is 2.62 bits per heavy atom. The number of hydrogen-bond donors (Lipinski definition) is 0. The predicted molar refractivity (Wildman–Crippen MR) is 104 cm³/mol. The Bertz CT molecular complexity index is 720. The molecule has 0 atom stereocenters. The Balaban J connectivity index is 1.54. The van der Waals surface area contributed by atoms with Gasteiger partial charge >= 0.3 is 0 Å². The molecule has 3 rings (SSSR count). The first kappa shape index (κ1) is 18.2. The van der Waals surface area contributed by atoms with Crippen molar-refractivity contribution >= 4 is 12.0 Å².